The van der Waals surface area contributed by atoms with Gasteiger partial charge in [-0.2, -0.15) is 0 Å². The maximum absolute atomic E-state index is 11.9. The van der Waals surface area contributed by atoms with E-state index in [-0.39, 0.29) is 16.2 Å². The fourth-order valence-electron chi connectivity index (χ4n) is 2.10. The molecule has 0 heterocycles. The van der Waals surface area contributed by atoms with Crippen LogP contribution in [0.2, 0.25) is 0 Å². The van der Waals surface area contributed by atoms with Crippen molar-refractivity contribution in [3.8, 4) is 5.75 Å². The lowest BCUT2D eigenvalue weighted by Crippen LogP contribution is -2.09. The SMILES string of the molecule is COC(=O)c1cc(/C=C/c2ccc(S(=O)(=O)Cl)cc2)ccc1OC(C)=O. The molecule has 0 amide bonds. The molecule has 136 valence electrons. The fraction of sp³-hybridized carbons (Fsp3) is 0.111. The number of rotatable bonds is 5. The first kappa shape index (κ1) is 19.7. The first-order valence-corrected chi connectivity index (χ1v) is 9.65. The quantitative estimate of drug-likeness (QED) is 0.334. The van der Waals surface area contributed by atoms with Gasteiger partial charge in [-0.3, -0.25) is 4.79 Å². The largest absolute Gasteiger partial charge is 0.465 e. The minimum absolute atomic E-state index is 0.00929. The second kappa shape index (κ2) is 8.16. The monoisotopic (exact) mass is 394 g/mol. The number of halogens is 1. The zero-order chi connectivity index (χ0) is 19.3. The lowest BCUT2D eigenvalue weighted by molar-refractivity contribution is -0.131. The molecule has 0 fully saturated rings. The number of hydrogen-bond acceptors (Lipinski definition) is 6. The Kier molecular flexibility index (Phi) is 6.18. The van der Waals surface area contributed by atoms with Gasteiger partial charge in [0.25, 0.3) is 9.05 Å². The highest BCUT2D eigenvalue weighted by molar-refractivity contribution is 8.13. The molecule has 0 saturated heterocycles. The van der Waals surface area contributed by atoms with Crippen LogP contribution in [-0.4, -0.2) is 27.5 Å². The summed E-state index contributed by atoms with van der Waals surface area (Å²) in [5.74, 6) is -1.07. The predicted molar refractivity (Wildman–Crippen MR) is 97.5 cm³/mol. The van der Waals surface area contributed by atoms with Crippen LogP contribution in [0.3, 0.4) is 0 Å². The van der Waals surface area contributed by atoms with Crippen LogP contribution in [0.1, 0.15) is 28.4 Å². The standard InChI is InChI=1S/C18H15ClO6S/c1-12(20)25-17-10-7-14(11-16(17)18(21)24-2)4-3-13-5-8-15(9-6-13)26(19,22)23/h3-11H,1-2H3/b4-3+. The Morgan fingerprint density at radius 2 is 1.58 bits per heavy atom. The van der Waals surface area contributed by atoms with E-state index in [0.29, 0.717) is 5.56 Å². The molecule has 0 aliphatic rings. The molecule has 0 aliphatic carbocycles. The molecule has 0 spiro atoms. The summed E-state index contributed by atoms with van der Waals surface area (Å²) < 4.78 is 32.2. The lowest BCUT2D eigenvalue weighted by Gasteiger charge is -2.08. The number of carbonyl (C=O) groups excluding carboxylic acids is 2. The molecular weight excluding hydrogens is 380 g/mol. The van der Waals surface area contributed by atoms with Crippen molar-refractivity contribution in [1.82, 2.24) is 0 Å². The maximum Gasteiger partial charge on any atom is 0.341 e. The number of ether oxygens (including phenoxy) is 2. The average Bonchev–Trinajstić information content (AvgIpc) is 2.59. The van der Waals surface area contributed by atoms with Crippen LogP contribution in [0.4, 0.5) is 0 Å². The van der Waals surface area contributed by atoms with Gasteiger partial charge in [-0.25, -0.2) is 13.2 Å². The van der Waals surface area contributed by atoms with Crippen LogP contribution in [0, 0.1) is 0 Å². The van der Waals surface area contributed by atoms with Gasteiger partial charge in [-0.05, 0) is 35.4 Å². The number of esters is 2. The lowest BCUT2D eigenvalue weighted by atomic mass is 10.1. The first-order valence-electron chi connectivity index (χ1n) is 7.34. The number of benzene rings is 2. The van der Waals surface area contributed by atoms with Gasteiger partial charge in [0.15, 0.2) is 0 Å². The Morgan fingerprint density at radius 1 is 1.00 bits per heavy atom. The van der Waals surface area contributed by atoms with Gasteiger partial charge in [0.1, 0.15) is 11.3 Å². The predicted octanol–water partition coefficient (Wildman–Crippen LogP) is 3.50. The zero-order valence-corrected chi connectivity index (χ0v) is 15.5. The van der Waals surface area contributed by atoms with Crippen molar-refractivity contribution in [2.24, 2.45) is 0 Å². The second-order valence-electron chi connectivity index (χ2n) is 5.18. The average molecular weight is 395 g/mol. The Hall–Kier alpha value is -2.64. The van der Waals surface area contributed by atoms with Gasteiger partial charge < -0.3 is 9.47 Å². The van der Waals surface area contributed by atoms with Gasteiger partial charge >= 0.3 is 11.9 Å². The van der Waals surface area contributed by atoms with Crippen LogP contribution >= 0.6 is 10.7 Å². The van der Waals surface area contributed by atoms with E-state index in [1.807, 2.05) is 0 Å². The molecule has 2 aromatic rings. The van der Waals surface area contributed by atoms with E-state index in [9.17, 15) is 18.0 Å². The summed E-state index contributed by atoms with van der Waals surface area (Å²) in [5.41, 5.74) is 1.52. The number of carbonyl (C=O) groups is 2. The van der Waals surface area contributed by atoms with E-state index in [2.05, 4.69) is 0 Å². The van der Waals surface area contributed by atoms with Crippen molar-refractivity contribution in [1.29, 1.82) is 0 Å². The van der Waals surface area contributed by atoms with Crippen LogP contribution in [-0.2, 0) is 18.6 Å². The summed E-state index contributed by atoms with van der Waals surface area (Å²) in [5, 5.41) is 0. The molecule has 0 aromatic heterocycles. The Balaban J connectivity index is 2.30. The van der Waals surface area contributed by atoms with E-state index in [1.165, 1.54) is 38.3 Å². The molecular formula is C18H15ClO6S. The molecule has 8 heteroatoms. The fourth-order valence-corrected chi connectivity index (χ4v) is 2.87. The molecule has 0 unspecified atom stereocenters. The molecule has 6 nitrogen and oxygen atoms in total. The second-order valence-corrected chi connectivity index (χ2v) is 7.75. The molecule has 0 bridgehead atoms. The van der Waals surface area contributed by atoms with Crippen LogP contribution < -0.4 is 4.74 Å². The molecule has 0 aliphatic heterocycles. The van der Waals surface area contributed by atoms with E-state index >= 15 is 0 Å². The first-order chi connectivity index (χ1) is 12.2. The molecule has 2 aromatic carbocycles. The van der Waals surface area contributed by atoms with Crippen molar-refractivity contribution in [2.45, 2.75) is 11.8 Å². The smallest absolute Gasteiger partial charge is 0.341 e. The molecule has 2 rings (SSSR count). The van der Waals surface area contributed by atoms with Crippen molar-refractivity contribution in [2.75, 3.05) is 7.11 Å². The van der Waals surface area contributed by atoms with Gasteiger partial charge in [0.05, 0.1) is 12.0 Å². The third kappa shape index (κ3) is 5.18. The molecule has 0 radical (unpaired) electrons. The summed E-state index contributed by atoms with van der Waals surface area (Å²) in [6, 6.07) is 10.7. The van der Waals surface area contributed by atoms with Gasteiger partial charge in [-0.1, -0.05) is 30.4 Å². The van der Waals surface area contributed by atoms with Gasteiger partial charge in [-0.15, -0.1) is 0 Å². The summed E-state index contributed by atoms with van der Waals surface area (Å²) in [4.78, 5) is 23.0. The van der Waals surface area contributed by atoms with E-state index in [1.54, 1.807) is 30.4 Å². The third-order valence-electron chi connectivity index (χ3n) is 3.29. The maximum atomic E-state index is 11.9. The minimum Gasteiger partial charge on any atom is -0.465 e. The number of hydrogen-bond donors (Lipinski definition) is 0. The molecule has 0 saturated carbocycles. The summed E-state index contributed by atoms with van der Waals surface area (Å²) >= 11 is 0. The molecule has 0 atom stereocenters. The van der Waals surface area contributed by atoms with Crippen LogP contribution in [0.5, 0.6) is 5.75 Å². The van der Waals surface area contributed by atoms with E-state index in [0.717, 1.165) is 5.56 Å². The third-order valence-corrected chi connectivity index (χ3v) is 4.66. The topological polar surface area (TPSA) is 86.7 Å². The van der Waals surface area contributed by atoms with Gasteiger partial charge in [0, 0.05) is 17.6 Å². The Morgan fingerprint density at radius 3 is 2.12 bits per heavy atom. The summed E-state index contributed by atoms with van der Waals surface area (Å²) in [6.07, 6.45) is 3.45. The Labute approximate surface area is 155 Å². The van der Waals surface area contributed by atoms with Crippen LogP contribution in [0.15, 0.2) is 47.4 Å². The normalized spacial score (nSPS) is 11.3. The van der Waals surface area contributed by atoms with Crippen molar-refractivity contribution >= 4 is 43.8 Å². The highest BCUT2D eigenvalue weighted by Gasteiger charge is 2.15. The summed E-state index contributed by atoms with van der Waals surface area (Å²) in [6.45, 7) is 1.24. The van der Waals surface area contributed by atoms with Crippen molar-refractivity contribution in [3.05, 3.63) is 59.2 Å². The van der Waals surface area contributed by atoms with Crippen LogP contribution in [0.25, 0.3) is 12.2 Å². The number of methoxy groups -OCH3 is 1. The summed E-state index contributed by atoms with van der Waals surface area (Å²) in [7, 11) is 2.74. The van der Waals surface area contributed by atoms with Gasteiger partial charge in [0.2, 0.25) is 0 Å². The molecule has 0 N–H and O–H groups in total. The minimum atomic E-state index is -3.76. The Bertz CT molecular complexity index is 962. The highest BCUT2D eigenvalue weighted by atomic mass is 35.7. The highest BCUT2D eigenvalue weighted by Crippen LogP contribution is 2.23. The van der Waals surface area contributed by atoms with Crippen molar-refractivity contribution < 1.29 is 27.5 Å². The molecule has 26 heavy (non-hydrogen) atoms. The van der Waals surface area contributed by atoms with E-state index < -0.39 is 21.0 Å². The zero-order valence-electron chi connectivity index (χ0n) is 13.9. The van der Waals surface area contributed by atoms with Crippen molar-refractivity contribution in [3.63, 3.8) is 0 Å². The van der Waals surface area contributed by atoms with E-state index in [4.69, 9.17) is 20.2 Å².